The molecule has 0 saturated carbocycles. The van der Waals surface area contributed by atoms with Gasteiger partial charge in [0.25, 0.3) is 0 Å². The largest absolute Gasteiger partial charge is 0.497 e. The van der Waals surface area contributed by atoms with Crippen molar-refractivity contribution in [3.8, 4) is 17.0 Å². The van der Waals surface area contributed by atoms with E-state index in [4.69, 9.17) is 4.74 Å². The van der Waals surface area contributed by atoms with Crippen LogP contribution in [0.4, 0.5) is 0 Å². The van der Waals surface area contributed by atoms with E-state index in [-0.39, 0.29) is 5.69 Å². The first kappa shape index (κ1) is 10.5. The van der Waals surface area contributed by atoms with Crippen LogP contribution in [-0.2, 0) is 0 Å². The summed E-state index contributed by atoms with van der Waals surface area (Å²) in [5.41, 5.74) is 1.68. The van der Waals surface area contributed by atoms with E-state index in [9.17, 15) is 4.79 Å². The normalized spacial score (nSPS) is 10.7. The van der Waals surface area contributed by atoms with Crippen molar-refractivity contribution in [2.75, 3.05) is 7.11 Å². The SMILES string of the molecule is COc1ccc2[nH]c(=O)nc(-c3cn[nH]c3)c2c1. The lowest BCUT2D eigenvalue weighted by atomic mass is 10.1. The Balaban J connectivity index is 2.38. The molecule has 2 N–H and O–H groups in total. The lowest BCUT2D eigenvalue weighted by Gasteiger charge is -2.05. The molecule has 2 heterocycles. The first-order valence-corrected chi connectivity index (χ1v) is 5.35. The number of H-pyrrole nitrogens is 2. The van der Waals surface area contributed by atoms with Crippen molar-refractivity contribution >= 4 is 10.9 Å². The Morgan fingerprint density at radius 3 is 2.94 bits per heavy atom. The number of methoxy groups -OCH3 is 1. The Morgan fingerprint density at radius 2 is 2.22 bits per heavy atom. The fraction of sp³-hybridized carbons (Fsp3) is 0.0833. The van der Waals surface area contributed by atoms with Gasteiger partial charge in [0.15, 0.2) is 0 Å². The Labute approximate surface area is 102 Å². The van der Waals surface area contributed by atoms with Gasteiger partial charge in [0, 0.05) is 17.1 Å². The summed E-state index contributed by atoms with van der Waals surface area (Å²) in [6.07, 6.45) is 3.32. The van der Waals surface area contributed by atoms with Gasteiger partial charge in [0.1, 0.15) is 5.75 Å². The number of nitrogens with one attached hydrogen (secondary N) is 2. The number of fused-ring (bicyclic) bond motifs is 1. The van der Waals surface area contributed by atoms with Crippen LogP contribution in [0.25, 0.3) is 22.2 Å². The minimum absolute atomic E-state index is 0.385. The molecule has 0 aliphatic carbocycles. The zero-order chi connectivity index (χ0) is 12.5. The van der Waals surface area contributed by atoms with Gasteiger partial charge in [-0.05, 0) is 18.2 Å². The maximum atomic E-state index is 11.5. The van der Waals surface area contributed by atoms with E-state index < -0.39 is 0 Å². The van der Waals surface area contributed by atoms with Crippen molar-refractivity contribution in [3.63, 3.8) is 0 Å². The van der Waals surface area contributed by atoms with Gasteiger partial charge in [0.05, 0.1) is 24.5 Å². The van der Waals surface area contributed by atoms with E-state index in [0.717, 1.165) is 10.9 Å². The maximum Gasteiger partial charge on any atom is 0.345 e. The molecule has 6 nitrogen and oxygen atoms in total. The third-order valence-electron chi connectivity index (χ3n) is 2.71. The molecule has 0 radical (unpaired) electrons. The van der Waals surface area contributed by atoms with Gasteiger partial charge in [-0.3, -0.25) is 5.10 Å². The molecule has 0 bridgehead atoms. The number of hydrogen-bond donors (Lipinski definition) is 2. The highest BCUT2D eigenvalue weighted by molar-refractivity contribution is 5.92. The van der Waals surface area contributed by atoms with Crippen molar-refractivity contribution in [2.24, 2.45) is 0 Å². The number of benzene rings is 1. The van der Waals surface area contributed by atoms with Crippen molar-refractivity contribution < 1.29 is 4.74 Å². The first-order chi connectivity index (χ1) is 8.78. The van der Waals surface area contributed by atoms with Gasteiger partial charge in [-0.1, -0.05) is 0 Å². The lowest BCUT2D eigenvalue weighted by Crippen LogP contribution is -2.11. The molecule has 0 amide bonds. The van der Waals surface area contributed by atoms with Crippen LogP contribution in [-0.4, -0.2) is 27.3 Å². The second kappa shape index (κ2) is 3.99. The first-order valence-electron chi connectivity index (χ1n) is 5.35. The van der Waals surface area contributed by atoms with Crippen LogP contribution in [0.5, 0.6) is 5.75 Å². The molecule has 0 spiro atoms. The van der Waals surface area contributed by atoms with E-state index in [2.05, 4.69) is 20.2 Å². The smallest absolute Gasteiger partial charge is 0.345 e. The molecule has 3 rings (SSSR count). The molecule has 0 fully saturated rings. The predicted molar refractivity (Wildman–Crippen MR) is 66.5 cm³/mol. The van der Waals surface area contributed by atoms with E-state index in [1.807, 2.05) is 6.07 Å². The van der Waals surface area contributed by atoms with Crippen molar-refractivity contribution in [1.29, 1.82) is 0 Å². The number of ether oxygens (including phenoxy) is 1. The van der Waals surface area contributed by atoms with Crippen LogP contribution >= 0.6 is 0 Å². The molecular formula is C12H10N4O2. The van der Waals surface area contributed by atoms with E-state index in [1.165, 1.54) is 0 Å². The fourth-order valence-corrected chi connectivity index (χ4v) is 1.86. The van der Waals surface area contributed by atoms with Crippen molar-refractivity contribution in [2.45, 2.75) is 0 Å². The van der Waals surface area contributed by atoms with Gasteiger partial charge in [-0.15, -0.1) is 0 Å². The van der Waals surface area contributed by atoms with Crippen molar-refractivity contribution in [3.05, 3.63) is 41.1 Å². The van der Waals surface area contributed by atoms with Crippen LogP contribution in [0.3, 0.4) is 0 Å². The third kappa shape index (κ3) is 1.64. The summed E-state index contributed by atoms with van der Waals surface area (Å²) in [4.78, 5) is 18.2. The average Bonchev–Trinajstić information content (AvgIpc) is 2.91. The Morgan fingerprint density at radius 1 is 1.33 bits per heavy atom. The zero-order valence-corrected chi connectivity index (χ0v) is 9.60. The summed E-state index contributed by atoms with van der Waals surface area (Å²) in [5.74, 6) is 0.709. The summed E-state index contributed by atoms with van der Waals surface area (Å²) in [7, 11) is 1.60. The van der Waals surface area contributed by atoms with Crippen LogP contribution in [0.15, 0.2) is 35.4 Å². The molecule has 90 valence electrons. The second-order valence-corrected chi connectivity index (χ2v) is 3.79. The van der Waals surface area contributed by atoms with Gasteiger partial charge in [-0.2, -0.15) is 10.1 Å². The average molecular weight is 242 g/mol. The molecule has 18 heavy (non-hydrogen) atoms. The molecule has 0 aliphatic rings. The molecule has 1 aromatic carbocycles. The third-order valence-corrected chi connectivity index (χ3v) is 2.71. The van der Waals surface area contributed by atoms with E-state index in [0.29, 0.717) is 17.0 Å². The summed E-state index contributed by atoms with van der Waals surface area (Å²) in [6, 6.07) is 5.42. The topological polar surface area (TPSA) is 83.7 Å². The Hall–Kier alpha value is -2.63. The number of hydrogen-bond acceptors (Lipinski definition) is 4. The second-order valence-electron chi connectivity index (χ2n) is 3.79. The summed E-state index contributed by atoms with van der Waals surface area (Å²) < 4.78 is 5.18. The monoisotopic (exact) mass is 242 g/mol. The van der Waals surface area contributed by atoms with E-state index >= 15 is 0 Å². The molecule has 6 heteroatoms. The molecule has 3 aromatic rings. The Kier molecular flexibility index (Phi) is 2.33. The molecule has 0 aliphatic heterocycles. The quantitative estimate of drug-likeness (QED) is 0.709. The van der Waals surface area contributed by atoms with Crippen LogP contribution in [0, 0.1) is 0 Å². The number of aromatic amines is 2. The molecular weight excluding hydrogens is 232 g/mol. The van der Waals surface area contributed by atoms with Crippen LogP contribution in [0.2, 0.25) is 0 Å². The predicted octanol–water partition coefficient (Wildman–Crippen LogP) is 1.32. The van der Waals surface area contributed by atoms with Crippen LogP contribution < -0.4 is 10.4 Å². The standard InChI is InChI=1S/C12H10N4O2/c1-18-8-2-3-10-9(4-8)11(16-12(17)15-10)7-5-13-14-6-7/h2-6H,1H3,(H,13,14)(H,15,16,17). The fourth-order valence-electron chi connectivity index (χ4n) is 1.86. The summed E-state index contributed by atoms with van der Waals surface area (Å²) in [5, 5.41) is 7.39. The highest BCUT2D eigenvalue weighted by Crippen LogP contribution is 2.26. The van der Waals surface area contributed by atoms with Gasteiger partial charge < -0.3 is 9.72 Å². The zero-order valence-electron chi connectivity index (χ0n) is 9.60. The number of nitrogens with zero attached hydrogens (tertiary/aromatic N) is 2. The minimum Gasteiger partial charge on any atom is -0.497 e. The summed E-state index contributed by atoms with van der Waals surface area (Å²) in [6.45, 7) is 0. The lowest BCUT2D eigenvalue weighted by molar-refractivity contribution is 0.415. The number of aromatic nitrogens is 4. The molecule has 2 aromatic heterocycles. The highest BCUT2D eigenvalue weighted by Gasteiger charge is 2.09. The van der Waals surface area contributed by atoms with Crippen LogP contribution in [0.1, 0.15) is 0 Å². The molecule has 0 saturated heterocycles. The minimum atomic E-state index is -0.385. The molecule has 0 unspecified atom stereocenters. The van der Waals surface area contributed by atoms with E-state index in [1.54, 1.807) is 31.6 Å². The van der Waals surface area contributed by atoms with Gasteiger partial charge in [-0.25, -0.2) is 4.79 Å². The van der Waals surface area contributed by atoms with Crippen molar-refractivity contribution in [1.82, 2.24) is 20.2 Å². The van der Waals surface area contributed by atoms with Gasteiger partial charge >= 0.3 is 5.69 Å². The number of rotatable bonds is 2. The Bertz CT molecular complexity index is 746. The molecule has 0 atom stereocenters. The van der Waals surface area contributed by atoms with Gasteiger partial charge in [0.2, 0.25) is 0 Å². The maximum absolute atomic E-state index is 11.5. The highest BCUT2D eigenvalue weighted by atomic mass is 16.5. The summed E-state index contributed by atoms with van der Waals surface area (Å²) >= 11 is 0.